The predicted octanol–water partition coefficient (Wildman–Crippen LogP) is 2.33. The van der Waals surface area contributed by atoms with Gasteiger partial charge in [-0.05, 0) is 37.0 Å². The van der Waals surface area contributed by atoms with Crippen LogP contribution in [0.4, 0.5) is 0 Å². The average molecular weight is 237 g/mol. The first kappa shape index (κ1) is 14.0. The molecule has 0 radical (unpaired) electrons. The predicted molar refractivity (Wildman–Crippen MR) is 70.3 cm³/mol. The van der Waals surface area contributed by atoms with Crippen LogP contribution >= 0.6 is 0 Å². The number of hydrogen-bond acceptors (Lipinski definition) is 3. The van der Waals surface area contributed by atoms with Crippen molar-refractivity contribution in [1.29, 1.82) is 0 Å². The summed E-state index contributed by atoms with van der Waals surface area (Å²) in [6.45, 7) is 6.20. The van der Waals surface area contributed by atoms with E-state index in [2.05, 4.69) is 12.1 Å². The second kappa shape index (κ2) is 6.03. The second-order valence-corrected chi connectivity index (χ2v) is 4.56. The summed E-state index contributed by atoms with van der Waals surface area (Å²) in [6.07, 6.45) is 0.877. The summed E-state index contributed by atoms with van der Waals surface area (Å²) >= 11 is 0. The highest BCUT2D eigenvalue weighted by Gasteiger charge is 2.18. The Morgan fingerprint density at radius 3 is 2.18 bits per heavy atom. The molecule has 0 aliphatic rings. The highest BCUT2D eigenvalue weighted by atomic mass is 16.5. The number of rotatable bonds is 5. The average Bonchev–Trinajstić information content (AvgIpc) is 2.30. The van der Waals surface area contributed by atoms with Gasteiger partial charge in [-0.2, -0.15) is 0 Å². The largest absolute Gasteiger partial charge is 0.496 e. The fourth-order valence-electron chi connectivity index (χ4n) is 2.27. The zero-order valence-electron chi connectivity index (χ0n) is 11.2. The van der Waals surface area contributed by atoms with Crippen LogP contribution in [0, 0.1) is 19.8 Å². The van der Waals surface area contributed by atoms with E-state index in [1.165, 1.54) is 0 Å². The van der Waals surface area contributed by atoms with Gasteiger partial charge in [0, 0.05) is 18.6 Å². The van der Waals surface area contributed by atoms with Crippen molar-refractivity contribution in [3.63, 3.8) is 0 Å². The van der Waals surface area contributed by atoms with E-state index in [0.717, 1.165) is 28.9 Å². The number of ether oxygens (including phenoxy) is 1. The van der Waals surface area contributed by atoms with Crippen molar-refractivity contribution < 1.29 is 9.84 Å². The highest BCUT2D eigenvalue weighted by Crippen LogP contribution is 2.29. The van der Waals surface area contributed by atoms with Crippen molar-refractivity contribution in [3.05, 3.63) is 28.8 Å². The Kier molecular flexibility index (Phi) is 4.97. The first-order valence-corrected chi connectivity index (χ1v) is 6.06. The first-order valence-electron chi connectivity index (χ1n) is 6.06. The second-order valence-electron chi connectivity index (χ2n) is 4.56. The number of aryl methyl sites for hydroxylation is 2. The summed E-state index contributed by atoms with van der Waals surface area (Å²) in [5.74, 6) is 1.03. The fourth-order valence-corrected chi connectivity index (χ4v) is 2.27. The number of benzene rings is 1. The Balaban J connectivity index is 3.07. The summed E-state index contributed by atoms with van der Waals surface area (Å²) in [4.78, 5) is 0. The maximum atomic E-state index is 9.29. The topological polar surface area (TPSA) is 55.5 Å². The van der Waals surface area contributed by atoms with Gasteiger partial charge in [-0.25, -0.2) is 0 Å². The SMILES string of the molecule is CCC(CO)C(N)c1cc(C)c(OC)c(C)c1. The molecule has 0 bridgehead atoms. The summed E-state index contributed by atoms with van der Waals surface area (Å²) in [7, 11) is 1.68. The first-order chi connectivity index (χ1) is 8.04. The quantitative estimate of drug-likeness (QED) is 0.826. The van der Waals surface area contributed by atoms with Gasteiger partial charge in [0.15, 0.2) is 0 Å². The molecular formula is C14H23NO2. The lowest BCUT2D eigenvalue weighted by molar-refractivity contribution is 0.200. The number of methoxy groups -OCH3 is 1. The van der Waals surface area contributed by atoms with Crippen molar-refractivity contribution in [2.75, 3.05) is 13.7 Å². The van der Waals surface area contributed by atoms with Crippen molar-refractivity contribution in [2.24, 2.45) is 11.7 Å². The van der Waals surface area contributed by atoms with Gasteiger partial charge in [-0.15, -0.1) is 0 Å². The zero-order chi connectivity index (χ0) is 13.0. The maximum absolute atomic E-state index is 9.29. The molecule has 0 aliphatic carbocycles. The molecule has 0 amide bonds. The standard InChI is InChI=1S/C14H23NO2/c1-5-11(8-16)13(15)12-6-9(2)14(17-4)10(3)7-12/h6-7,11,13,16H,5,8,15H2,1-4H3. The van der Waals surface area contributed by atoms with Gasteiger partial charge in [0.05, 0.1) is 7.11 Å². The molecule has 0 saturated heterocycles. The van der Waals surface area contributed by atoms with Crippen molar-refractivity contribution in [3.8, 4) is 5.75 Å². The third kappa shape index (κ3) is 2.99. The van der Waals surface area contributed by atoms with E-state index >= 15 is 0 Å². The molecule has 0 saturated carbocycles. The molecule has 0 aromatic heterocycles. The summed E-state index contributed by atoms with van der Waals surface area (Å²) in [6, 6.07) is 3.98. The lowest BCUT2D eigenvalue weighted by Crippen LogP contribution is -2.24. The van der Waals surface area contributed by atoms with Crippen LogP contribution < -0.4 is 10.5 Å². The van der Waals surface area contributed by atoms with Crippen LogP contribution in [-0.2, 0) is 0 Å². The lowest BCUT2D eigenvalue weighted by atomic mass is 9.90. The minimum atomic E-state index is -0.117. The van der Waals surface area contributed by atoms with Crippen LogP contribution in [0.1, 0.15) is 36.1 Å². The summed E-state index contributed by atoms with van der Waals surface area (Å²) in [5.41, 5.74) is 9.44. The van der Waals surface area contributed by atoms with Gasteiger partial charge in [0.25, 0.3) is 0 Å². The van der Waals surface area contributed by atoms with E-state index in [1.54, 1.807) is 7.11 Å². The van der Waals surface area contributed by atoms with Gasteiger partial charge in [-0.1, -0.05) is 19.1 Å². The Bertz CT molecular complexity index is 349. The summed E-state index contributed by atoms with van der Waals surface area (Å²) < 4.78 is 5.33. The monoisotopic (exact) mass is 237 g/mol. The van der Waals surface area contributed by atoms with Crippen molar-refractivity contribution in [1.82, 2.24) is 0 Å². The van der Waals surface area contributed by atoms with Crippen molar-refractivity contribution in [2.45, 2.75) is 33.2 Å². The Labute approximate surface area is 104 Å². The maximum Gasteiger partial charge on any atom is 0.124 e. The molecule has 96 valence electrons. The minimum absolute atomic E-state index is 0.113. The molecule has 2 atom stereocenters. The molecule has 3 heteroatoms. The fraction of sp³-hybridized carbons (Fsp3) is 0.571. The molecule has 17 heavy (non-hydrogen) atoms. The Morgan fingerprint density at radius 1 is 1.29 bits per heavy atom. The lowest BCUT2D eigenvalue weighted by Gasteiger charge is -2.22. The molecule has 1 aromatic carbocycles. The van der Waals surface area contributed by atoms with E-state index in [1.807, 2.05) is 20.8 Å². The molecule has 2 unspecified atom stereocenters. The smallest absolute Gasteiger partial charge is 0.124 e. The van der Waals surface area contributed by atoms with E-state index < -0.39 is 0 Å². The zero-order valence-corrected chi connectivity index (χ0v) is 11.2. The van der Waals surface area contributed by atoms with Gasteiger partial charge in [-0.3, -0.25) is 0 Å². The van der Waals surface area contributed by atoms with E-state index in [-0.39, 0.29) is 18.6 Å². The molecule has 0 aliphatic heterocycles. The third-order valence-corrected chi connectivity index (χ3v) is 3.34. The summed E-state index contributed by atoms with van der Waals surface area (Å²) in [5, 5.41) is 9.29. The molecule has 0 heterocycles. The van der Waals surface area contributed by atoms with Crippen molar-refractivity contribution >= 4 is 0 Å². The van der Waals surface area contributed by atoms with Crippen LogP contribution in [0.15, 0.2) is 12.1 Å². The Morgan fingerprint density at radius 2 is 1.82 bits per heavy atom. The van der Waals surface area contributed by atoms with Gasteiger partial charge in [0.1, 0.15) is 5.75 Å². The number of aliphatic hydroxyl groups excluding tert-OH is 1. The van der Waals surface area contributed by atoms with Crippen LogP contribution in [-0.4, -0.2) is 18.8 Å². The normalized spacial score (nSPS) is 14.5. The van der Waals surface area contributed by atoms with Gasteiger partial charge >= 0.3 is 0 Å². The number of nitrogens with two attached hydrogens (primary N) is 1. The molecule has 1 rings (SSSR count). The van der Waals surface area contributed by atoms with E-state index in [0.29, 0.717) is 0 Å². The molecule has 0 fully saturated rings. The van der Waals surface area contributed by atoms with E-state index in [9.17, 15) is 5.11 Å². The third-order valence-electron chi connectivity index (χ3n) is 3.34. The number of aliphatic hydroxyl groups is 1. The highest BCUT2D eigenvalue weighted by molar-refractivity contribution is 5.44. The van der Waals surface area contributed by atoms with Crippen LogP contribution in [0.3, 0.4) is 0 Å². The van der Waals surface area contributed by atoms with Crippen LogP contribution in [0.5, 0.6) is 5.75 Å². The number of hydrogen-bond donors (Lipinski definition) is 2. The minimum Gasteiger partial charge on any atom is -0.496 e. The van der Waals surface area contributed by atoms with Crippen LogP contribution in [0.25, 0.3) is 0 Å². The Hall–Kier alpha value is -1.06. The van der Waals surface area contributed by atoms with Crippen LogP contribution in [0.2, 0.25) is 0 Å². The molecule has 1 aromatic rings. The molecule has 3 N–H and O–H groups in total. The molecular weight excluding hydrogens is 214 g/mol. The molecule has 0 spiro atoms. The van der Waals surface area contributed by atoms with Gasteiger partial charge < -0.3 is 15.6 Å². The molecule has 3 nitrogen and oxygen atoms in total. The van der Waals surface area contributed by atoms with Gasteiger partial charge in [0.2, 0.25) is 0 Å². The van der Waals surface area contributed by atoms with E-state index in [4.69, 9.17) is 10.5 Å².